The fraction of sp³-hybridized carbons (Fsp3) is 0.133. The lowest BCUT2D eigenvalue weighted by molar-refractivity contribution is 0.0991. The fourth-order valence-electron chi connectivity index (χ4n) is 1.92. The van der Waals surface area contributed by atoms with Gasteiger partial charge in [0.25, 0.3) is 0 Å². The van der Waals surface area contributed by atoms with E-state index in [2.05, 4.69) is 0 Å². The van der Waals surface area contributed by atoms with E-state index in [1.165, 1.54) is 19.2 Å². The molecule has 0 aliphatic heterocycles. The molecule has 0 heterocycles. The van der Waals surface area contributed by atoms with Crippen molar-refractivity contribution in [1.29, 1.82) is 0 Å². The van der Waals surface area contributed by atoms with Crippen LogP contribution in [0.1, 0.15) is 15.9 Å². The van der Waals surface area contributed by atoms with Crippen molar-refractivity contribution in [3.05, 3.63) is 59.2 Å². The molecule has 0 radical (unpaired) electrons. The van der Waals surface area contributed by atoms with Gasteiger partial charge in [-0.3, -0.25) is 4.79 Å². The zero-order valence-corrected chi connectivity index (χ0v) is 10.8. The number of para-hydroxylation sites is 1. The van der Waals surface area contributed by atoms with E-state index in [1.807, 2.05) is 0 Å². The number of benzene rings is 2. The molecule has 0 aromatic heterocycles. The molecule has 5 heteroatoms. The molecule has 0 saturated heterocycles. The Morgan fingerprint density at radius 3 is 2.35 bits per heavy atom. The van der Waals surface area contributed by atoms with Gasteiger partial charge in [0.15, 0.2) is 5.78 Å². The van der Waals surface area contributed by atoms with Gasteiger partial charge in [-0.1, -0.05) is 12.1 Å². The van der Waals surface area contributed by atoms with Crippen LogP contribution in [0.2, 0.25) is 0 Å². The first-order valence-electron chi connectivity index (χ1n) is 5.93. The molecule has 2 aromatic carbocycles. The molecule has 3 nitrogen and oxygen atoms in total. The molecule has 0 amide bonds. The number of nitrogen functional groups attached to an aromatic ring is 1. The summed E-state index contributed by atoms with van der Waals surface area (Å²) in [7, 11) is 1.43. The Morgan fingerprint density at radius 2 is 1.75 bits per heavy atom. The fourth-order valence-corrected chi connectivity index (χ4v) is 1.92. The lowest BCUT2D eigenvalue weighted by atomic mass is 10.0. The lowest BCUT2D eigenvalue weighted by Crippen LogP contribution is -2.10. The number of ether oxygens (including phenoxy) is 1. The number of hydrogen-bond donors (Lipinski definition) is 1. The second-order valence-corrected chi connectivity index (χ2v) is 4.22. The molecular formula is C15H13F2NO2. The largest absolute Gasteiger partial charge is 0.495 e. The molecular weight excluding hydrogens is 264 g/mol. The SMILES string of the molecule is COc1cccc(C(=O)Cc2c(F)cccc2F)c1N. The van der Waals surface area contributed by atoms with Gasteiger partial charge in [0, 0.05) is 17.5 Å². The van der Waals surface area contributed by atoms with Gasteiger partial charge in [0.05, 0.1) is 12.8 Å². The lowest BCUT2D eigenvalue weighted by Gasteiger charge is -2.10. The van der Waals surface area contributed by atoms with Gasteiger partial charge in [-0.25, -0.2) is 8.78 Å². The Bertz CT molecular complexity index is 636. The van der Waals surface area contributed by atoms with Gasteiger partial charge in [0.2, 0.25) is 0 Å². The van der Waals surface area contributed by atoms with Crippen LogP contribution in [0.5, 0.6) is 5.75 Å². The highest BCUT2D eigenvalue weighted by molar-refractivity contribution is 6.03. The second kappa shape index (κ2) is 5.69. The average Bonchev–Trinajstić information content (AvgIpc) is 2.43. The predicted molar refractivity (Wildman–Crippen MR) is 71.8 cm³/mol. The maximum atomic E-state index is 13.5. The normalized spacial score (nSPS) is 10.3. The van der Waals surface area contributed by atoms with Crippen LogP contribution in [0, 0.1) is 11.6 Å². The smallest absolute Gasteiger partial charge is 0.169 e. The van der Waals surface area contributed by atoms with Crippen LogP contribution in [0.25, 0.3) is 0 Å². The zero-order chi connectivity index (χ0) is 14.7. The highest BCUT2D eigenvalue weighted by Gasteiger charge is 2.17. The third kappa shape index (κ3) is 2.61. The highest BCUT2D eigenvalue weighted by Crippen LogP contribution is 2.26. The van der Waals surface area contributed by atoms with Crippen molar-refractivity contribution < 1.29 is 18.3 Å². The van der Waals surface area contributed by atoms with Gasteiger partial charge in [-0.2, -0.15) is 0 Å². The molecule has 2 N–H and O–H groups in total. The number of hydrogen-bond acceptors (Lipinski definition) is 3. The maximum absolute atomic E-state index is 13.5. The average molecular weight is 277 g/mol. The number of Topliss-reactive ketones (excluding diaryl/α,β-unsaturated/α-hetero) is 1. The van der Waals surface area contributed by atoms with Crippen molar-refractivity contribution in [2.24, 2.45) is 0 Å². The molecule has 0 aliphatic carbocycles. The van der Waals surface area contributed by atoms with Crippen LogP contribution in [-0.4, -0.2) is 12.9 Å². The number of rotatable bonds is 4. The van der Waals surface area contributed by atoms with Crippen molar-refractivity contribution >= 4 is 11.5 Å². The Morgan fingerprint density at radius 1 is 1.15 bits per heavy atom. The summed E-state index contributed by atoms with van der Waals surface area (Å²) in [5, 5.41) is 0. The van der Waals surface area contributed by atoms with Crippen molar-refractivity contribution in [2.75, 3.05) is 12.8 Å². The van der Waals surface area contributed by atoms with E-state index in [0.717, 1.165) is 12.1 Å². The summed E-state index contributed by atoms with van der Waals surface area (Å²) in [5.74, 6) is -1.62. The molecule has 0 atom stereocenters. The molecule has 20 heavy (non-hydrogen) atoms. The third-order valence-electron chi connectivity index (χ3n) is 2.99. The summed E-state index contributed by atoms with van der Waals surface area (Å²) in [6.45, 7) is 0. The minimum Gasteiger partial charge on any atom is -0.495 e. The van der Waals surface area contributed by atoms with E-state index in [4.69, 9.17) is 10.5 Å². The quantitative estimate of drug-likeness (QED) is 0.690. The molecule has 0 aliphatic rings. The first kappa shape index (κ1) is 14.0. The molecule has 0 saturated carbocycles. The highest BCUT2D eigenvalue weighted by atomic mass is 19.1. The third-order valence-corrected chi connectivity index (χ3v) is 2.99. The Labute approximate surface area is 115 Å². The summed E-state index contributed by atoms with van der Waals surface area (Å²) in [4.78, 5) is 12.1. The van der Waals surface area contributed by atoms with Crippen LogP contribution in [0.4, 0.5) is 14.5 Å². The molecule has 104 valence electrons. The van der Waals surface area contributed by atoms with Gasteiger partial charge in [-0.05, 0) is 24.3 Å². The van der Waals surface area contributed by atoms with Crippen molar-refractivity contribution in [3.8, 4) is 5.75 Å². The van der Waals surface area contributed by atoms with Gasteiger partial charge in [0.1, 0.15) is 17.4 Å². The van der Waals surface area contributed by atoms with Crippen LogP contribution in [0.3, 0.4) is 0 Å². The van der Waals surface area contributed by atoms with Gasteiger partial charge >= 0.3 is 0 Å². The van der Waals surface area contributed by atoms with Crippen LogP contribution >= 0.6 is 0 Å². The van der Waals surface area contributed by atoms with E-state index in [9.17, 15) is 13.6 Å². The number of carbonyl (C=O) groups excluding carboxylic acids is 1. The minimum absolute atomic E-state index is 0.164. The van der Waals surface area contributed by atoms with Crippen molar-refractivity contribution in [1.82, 2.24) is 0 Å². The van der Waals surface area contributed by atoms with E-state index < -0.39 is 23.8 Å². The zero-order valence-electron chi connectivity index (χ0n) is 10.8. The summed E-state index contributed by atoms with van der Waals surface area (Å²) >= 11 is 0. The summed E-state index contributed by atoms with van der Waals surface area (Å²) in [6.07, 6.45) is -0.393. The van der Waals surface area contributed by atoms with Crippen LogP contribution < -0.4 is 10.5 Å². The van der Waals surface area contributed by atoms with E-state index in [1.54, 1.807) is 12.1 Å². The molecule has 2 rings (SSSR count). The number of nitrogens with two attached hydrogens (primary N) is 1. The number of halogens is 2. The number of ketones is 1. The first-order valence-corrected chi connectivity index (χ1v) is 5.93. The molecule has 0 fully saturated rings. The maximum Gasteiger partial charge on any atom is 0.169 e. The molecule has 2 aromatic rings. The van der Waals surface area contributed by atoms with Crippen LogP contribution in [0.15, 0.2) is 36.4 Å². The van der Waals surface area contributed by atoms with Crippen molar-refractivity contribution in [2.45, 2.75) is 6.42 Å². The number of anilines is 1. The Balaban J connectivity index is 2.34. The van der Waals surface area contributed by atoms with E-state index >= 15 is 0 Å². The number of carbonyl (C=O) groups is 1. The van der Waals surface area contributed by atoms with Crippen LogP contribution in [-0.2, 0) is 6.42 Å². The molecule has 0 unspecified atom stereocenters. The molecule has 0 bridgehead atoms. The molecule has 0 spiro atoms. The Hall–Kier alpha value is -2.43. The standard InChI is InChI=1S/C15H13F2NO2/c1-20-14-7-2-4-9(15(14)18)13(19)8-10-11(16)5-3-6-12(10)17/h2-7H,8,18H2,1H3. The summed E-state index contributed by atoms with van der Waals surface area (Å²) < 4.78 is 32.1. The number of methoxy groups -OCH3 is 1. The monoisotopic (exact) mass is 277 g/mol. The summed E-state index contributed by atoms with van der Waals surface area (Å²) in [6, 6.07) is 8.18. The Kier molecular flexibility index (Phi) is 3.98. The predicted octanol–water partition coefficient (Wildman–Crippen LogP) is 2.98. The second-order valence-electron chi connectivity index (χ2n) is 4.22. The van der Waals surface area contributed by atoms with Gasteiger partial charge in [-0.15, -0.1) is 0 Å². The van der Waals surface area contributed by atoms with E-state index in [-0.39, 0.29) is 16.8 Å². The van der Waals surface area contributed by atoms with Gasteiger partial charge < -0.3 is 10.5 Å². The van der Waals surface area contributed by atoms with Crippen molar-refractivity contribution in [3.63, 3.8) is 0 Å². The first-order chi connectivity index (χ1) is 9.54. The van der Waals surface area contributed by atoms with E-state index in [0.29, 0.717) is 5.75 Å². The topological polar surface area (TPSA) is 52.3 Å². The minimum atomic E-state index is -0.750. The summed E-state index contributed by atoms with van der Waals surface area (Å²) in [5.41, 5.74) is 5.88.